The molecule has 0 saturated carbocycles. The van der Waals surface area contributed by atoms with E-state index in [2.05, 4.69) is 0 Å². The molecule has 0 bridgehead atoms. The van der Waals surface area contributed by atoms with Crippen LogP contribution in [0, 0.1) is 0 Å². The fourth-order valence-electron chi connectivity index (χ4n) is 1.81. The average molecular weight is 291 g/mol. The summed E-state index contributed by atoms with van der Waals surface area (Å²) in [5.41, 5.74) is 1.47. The molecule has 0 saturated heterocycles. The molecule has 0 N–H and O–H groups in total. The molecule has 20 heavy (non-hydrogen) atoms. The van der Waals surface area contributed by atoms with Gasteiger partial charge in [0.15, 0.2) is 17.3 Å². The van der Waals surface area contributed by atoms with E-state index in [9.17, 15) is 4.79 Å². The van der Waals surface area contributed by atoms with Crippen molar-refractivity contribution in [2.75, 3.05) is 7.11 Å². The molecular formula is C16H15ClO3. The van der Waals surface area contributed by atoms with Crippen LogP contribution in [0.1, 0.15) is 22.8 Å². The highest BCUT2D eigenvalue weighted by molar-refractivity contribution is 6.34. The van der Waals surface area contributed by atoms with Crippen molar-refractivity contribution < 1.29 is 14.3 Å². The number of methoxy groups -OCH3 is 1. The Balaban J connectivity index is 2.23. The smallest absolute Gasteiger partial charge is 0.163 e. The van der Waals surface area contributed by atoms with Gasteiger partial charge in [-0.05, 0) is 18.6 Å². The van der Waals surface area contributed by atoms with E-state index >= 15 is 0 Å². The first-order valence-electron chi connectivity index (χ1n) is 6.17. The molecule has 0 aliphatic rings. The van der Waals surface area contributed by atoms with Gasteiger partial charge in [0.2, 0.25) is 0 Å². The van der Waals surface area contributed by atoms with Crippen LogP contribution in [0.4, 0.5) is 0 Å². The molecule has 0 radical (unpaired) electrons. The van der Waals surface area contributed by atoms with Gasteiger partial charge in [0.25, 0.3) is 0 Å². The van der Waals surface area contributed by atoms with Crippen molar-refractivity contribution in [3.8, 4) is 11.5 Å². The molecule has 2 aromatic carbocycles. The number of hydrogen-bond donors (Lipinski definition) is 0. The number of carbonyl (C=O) groups is 1. The Bertz CT molecular complexity index is 609. The molecule has 0 fully saturated rings. The summed E-state index contributed by atoms with van der Waals surface area (Å²) in [5.74, 6) is 0.907. The van der Waals surface area contributed by atoms with Gasteiger partial charge in [0.05, 0.1) is 12.1 Å². The van der Waals surface area contributed by atoms with Crippen molar-refractivity contribution in [3.05, 3.63) is 58.6 Å². The van der Waals surface area contributed by atoms with Crippen molar-refractivity contribution in [2.24, 2.45) is 0 Å². The molecule has 3 nitrogen and oxygen atoms in total. The third-order valence-corrected chi connectivity index (χ3v) is 3.18. The monoisotopic (exact) mass is 290 g/mol. The van der Waals surface area contributed by atoms with Crippen LogP contribution < -0.4 is 9.47 Å². The first-order valence-corrected chi connectivity index (χ1v) is 6.55. The maximum absolute atomic E-state index is 11.4. The number of ketones is 1. The van der Waals surface area contributed by atoms with Crippen molar-refractivity contribution in [1.82, 2.24) is 0 Å². The molecule has 104 valence electrons. The van der Waals surface area contributed by atoms with Crippen LogP contribution >= 0.6 is 11.6 Å². The summed E-state index contributed by atoms with van der Waals surface area (Å²) < 4.78 is 11.0. The Morgan fingerprint density at radius 2 is 1.85 bits per heavy atom. The second-order valence-corrected chi connectivity index (χ2v) is 4.72. The molecule has 4 heteroatoms. The van der Waals surface area contributed by atoms with Gasteiger partial charge in [-0.3, -0.25) is 4.79 Å². The van der Waals surface area contributed by atoms with Crippen LogP contribution in [-0.4, -0.2) is 12.9 Å². The molecular weight excluding hydrogens is 276 g/mol. The lowest BCUT2D eigenvalue weighted by atomic mass is 10.1. The maximum Gasteiger partial charge on any atom is 0.163 e. The zero-order valence-electron chi connectivity index (χ0n) is 11.4. The Morgan fingerprint density at radius 1 is 1.15 bits per heavy atom. The topological polar surface area (TPSA) is 35.5 Å². The quantitative estimate of drug-likeness (QED) is 0.777. The Hall–Kier alpha value is -2.00. The molecule has 0 heterocycles. The average Bonchev–Trinajstić information content (AvgIpc) is 2.46. The van der Waals surface area contributed by atoms with Crippen LogP contribution in [0.2, 0.25) is 5.02 Å². The lowest BCUT2D eigenvalue weighted by Crippen LogP contribution is -2.00. The summed E-state index contributed by atoms with van der Waals surface area (Å²) >= 11 is 6.08. The number of halogens is 1. The first-order chi connectivity index (χ1) is 9.61. The van der Waals surface area contributed by atoms with Gasteiger partial charge in [0, 0.05) is 11.6 Å². The van der Waals surface area contributed by atoms with E-state index in [1.807, 2.05) is 30.3 Å². The van der Waals surface area contributed by atoms with E-state index in [1.54, 1.807) is 12.1 Å². The molecule has 0 amide bonds. The highest BCUT2D eigenvalue weighted by atomic mass is 35.5. The lowest BCUT2D eigenvalue weighted by Gasteiger charge is -2.13. The largest absolute Gasteiger partial charge is 0.493 e. The van der Waals surface area contributed by atoms with E-state index in [-0.39, 0.29) is 5.78 Å². The minimum Gasteiger partial charge on any atom is -0.493 e. The van der Waals surface area contributed by atoms with Crippen LogP contribution in [-0.2, 0) is 6.61 Å². The van der Waals surface area contributed by atoms with Gasteiger partial charge in [-0.15, -0.1) is 0 Å². The highest BCUT2D eigenvalue weighted by Gasteiger charge is 2.13. The molecule has 2 rings (SSSR count). The van der Waals surface area contributed by atoms with Gasteiger partial charge in [-0.1, -0.05) is 41.9 Å². The predicted molar refractivity (Wildman–Crippen MR) is 78.8 cm³/mol. The Kier molecular flexibility index (Phi) is 4.64. The van der Waals surface area contributed by atoms with Crippen molar-refractivity contribution in [2.45, 2.75) is 13.5 Å². The zero-order chi connectivity index (χ0) is 14.5. The normalized spacial score (nSPS) is 10.2. The Morgan fingerprint density at radius 3 is 2.45 bits per heavy atom. The van der Waals surface area contributed by atoms with Crippen molar-refractivity contribution >= 4 is 17.4 Å². The number of benzene rings is 2. The molecule has 0 spiro atoms. The maximum atomic E-state index is 11.4. The van der Waals surface area contributed by atoms with Gasteiger partial charge in [0.1, 0.15) is 6.61 Å². The summed E-state index contributed by atoms with van der Waals surface area (Å²) in [6, 6.07) is 13.0. The molecule has 0 aromatic heterocycles. The standard InChI is InChI=1S/C16H15ClO3/c1-11(18)13-8-15(19-2)16(9-14(13)17)20-10-12-6-4-3-5-7-12/h3-9H,10H2,1-2H3. The van der Waals surface area contributed by atoms with E-state index in [0.29, 0.717) is 28.7 Å². The van der Waals surface area contributed by atoms with Gasteiger partial charge in [-0.25, -0.2) is 0 Å². The number of ether oxygens (including phenoxy) is 2. The minimum atomic E-state index is -0.108. The summed E-state index contributed by atoms with van der Waals surface area (Å²) in [6.07, 6.45) is 0. The molecule has 2 aromatic rings. The molecule has 0 atom stereocenters. The van der Waals surface area contributed by atoms with Crippen LogP contribution in [0.5, 0.6) is 11.5 Å². The predicted octanol–water partition coefficient (Wildman–Crippen LogP) is 4.13. The second kappa shape index (κ2) is 6.44. The van der Waals surface area contributed by atoms with E-state index in [1.165, 1.54) is 14.0 Å². The van der Waals surface area contributed by atoms with Crippen molar-refractivity contribution in [1.29, 1.82) is 0 Å². The summed E-state index contributed by atoms with van der Waals surface area (Å²) in [5, 5.41) is 0.362. The minimum absolute atomic E-state index is 0.108. The summed E-state index contributed by atoms with van der Waals surface area (Å²) in [4.78, 5) is 11.4. The first kappa shape index (κ1) is 14.4. The Labute approximate surface area is 123 Å². The fraction of sp³-hybridized carbons (Fsp3) is 0.188. The van der Waals surface area contributed by atoms with E-state index in [0.717, 1.165) is 5.56 Å². The fourth-order valence-corrected chi connectivity index (χ4v) is 2.10. The van der Waals surface area contributed by atoms with Gasteiger partial charge in [-0.2, -0.15) is 0 Å². The number of Topliss-reactive ketones (excluding diaryl/α,β-unsaturated/α-hetero) is 1. The van der Waals surface area contributed by atoms with Gasteiger partial charge < -0.3 is 9.47 Å². The molecule has 0 aliphatic heterocycles. The molecule has 0 aliphatic carbocycles. The van der Waals surface area contributed by atoms with Crippen LogP contribution in [0.25, 0.3) is 0 Å². The SMILES string of the molecule is COc1cc(C(C)=O)c(Cl)cc1OCc1ccccc1. The number of rotatable bonds is 5. The number of hydrogen-bond acceptors (Lipinski definition) is 3. The summed E-state index contributed by atoms with van der Waals surface area (Å²) in [6.45, 7) is 1.87. The third-order valence-electron chi connectivity index (χ3n) is 2.87. The third kappa shape index (κ3) is 3.31. The second-order valence-electron chi connectivity index (χ2n) is 4.31. The van der Waals surface area contributed by atoms with Crippen LogP contribution in [0.3, 0.4) is 0 Å². The van der Waals surface area contributed by atoms with E-state index < -0.39 is 0 Å². The van der Waals surface area contributed by atoms with Crippen molar-refractivity contribution in [3.63, 3.8) is 0 Å². The zero-order valence-corrected chi connectivity index (χ0v) is 12.1. The highest BCUT2D eigenvalue weighted by Crippen LogP contribution is 2.34. The van der Waals surface area contributed by atoms with Crippen LogP contribution in [0.15, 0.2) is 42.5 Å². The molecule has 0 unspecified atom stereocenters. The number of carbonyl (C=O) groups excluding carboxylic acids is 1. The lowest BCUT2D eigenvalue weighted by molar-refractivity contribution is 0.101. The van der Waals surface area contributed by atoms with Gasteiger partial charge >= 0.3 is 0 Å². The van der Waals surface area contributed by atoms with E-state index in [4.69, 9.17) is 21.1 Å². The summed E-state index contributed by atoms with van der Waals surface area (Å²) in [7, 11) is 1.53.